The molecule has 1 saturated carbocycles. The molecule has 2 aromatic heterocycles. The summed E-state index contributed by atoms with van der Waals surface area (Å²) in [6, 6.07) is 10.8. The van der Waals surface area contributed by atoms with Gasteiger partial charge in [0.2, 0.25) is 21.7 Å². The second-order valence-electron chi connectivity index (χ2n) is 6.73. The fraction of sp³-hybridized carbons (Fsp3) is 0.368. The summed E-state index contributed by atoms with van der Waals surface area (Å²) in [5.74, 6) is 1.29. The van der Waals surface area contributed by atoms with Crippen LogP contribution in [-0.2, 0) is 16.4 Å². The van der Waals surface area contributed by atoms with Crippen LogP contribution in [0.1, 0.15) is 43.6 Å². The average molecular weight is 387 g/mol. The van der Waals surface area contributed by atoms with E-state index in [0.717, 1.165) is 24.8 Å². The lowest BCUT2D eigenvalue weighted by Gasteiger charge is -2.23. The van der Waals surface area contributed by atoms with Crippen LogP contribution in [0.3, 0.4) is 0 Å². The molecule has 0 bridgehead atoms. The quantitative estimate of drug-likeness (QED) is 0.686. The first-order chi connectivity index (χ1) is 13.1. The SMILES string of the molecule is O=S(=O)(Nc1ccccc1Cc1nc(-c2ccco2)no1)C1CCCCC1. The average Bonchev–Trinajstić information content (AvgIpc) is 3.35. The Kier molecular flexibility index (Phi) is 4.98. The molecule has 7 nitrogen and oxygen atoms in total. The van der Waals surface area contributed by atoms with E-state index in [1.807, 2.05) is 18.2 Å². The van der Waals surface area contributed by atoms with Gasteiger partial charge >= 0.3 is 0 Å². The van der Waals surface area contributed by atoms with E-state index in [-0.39, 0.29) is 5.25 Å². The van der Waals surface area contributed by atoms with E-state index in [1.54, 1.807) is 24.5 Å². The summed E-state index contributed by atoms with van der Waals surface area (Å²) in [6.45, 7) is 0. The summed E-state index contributed by atoms with van der Waals surface area (Å²) in [5, 5.41) is 3.59. The Hall–Kier alpha value is -2.61. The van der Waals surface area contributed by atoms with Gasteiger partial charge in [-0.3, -0.25) is 4.72 Å². The van der Waals surface area contributed by atoms with Crippen LogP contribution >= 0.6 is 0 Å². The number of hydrogen-bond donors (Lipinski definition) is 1. The standard InChI is InChI=1S/C19H21N3O4S/c23-27(24,15-8-2-1-3-9-15)22-16-10-5-4-7-14(16)13-18-20-19(21-26-18)17-11-6-12-25-17/h4-7,10-12,15,22H,1-3,8-9,13H2. The lowest BCUT2D eigenvalue weighted by atomic mass is 10.0. The Labute approximate surface area is 157 Å². The molecule has 27 heavy (non-hydrogen) atoms. The van der Waals surface area contributed by atoms with Gasteiger partial charge in [0, 0.05) is 0 Å². The molecule has 142 valence electrons. The number of hydrogen-bond acceptors (Lipinski definition) is 6. The van der Waals surface area contributed by atoms with Crippen LogP contribution in [0.4, 0.5) is 5.69 Å². The van der Waals surface area contributed by atoms with E-state index < -0.39 is 10.0 Å². The maximum atomic E-state index is 12.7. The second-order valence-corrected chi connectivity index (χ2v) is 8.69. The lowest BCUT2D eigenvalue weighted by Crippen LogP contribution is -2.30. The number of nitrogens with one attached hydrogen (secondary N) is 1. The molecule has 0 atom stereocenters. The van der Waals surface area contributed by atoms with Gasteiger partial charge in [-0.2, -0.15) is 4.98 Å². The predicted molar refractivity (Wildman–Crippen MR) is 101 cm³/mol. The van der Waals surface area contributed by atoms with Crippen molar-refractivity contribution in [3.63, 3.8) is 0 Å². The summed E-state index contributed by atoms with van der Waals surface area (Å²) in [6.07, 6.45) is 6.34. The van der Waals surface area contributed by atoms with Crippen molar-refractivity contribution in [2.45, 2.75) is 43.8 Å². The molecule has 1 aromatic carbocycles. The van der Waals surface area contributed by atoms with E-state index in [1.165, 1.54) is 0 Å². The highest BCUT2D eigenvalue weighted by atomic mass is 32.2. The molecule has 4 rings (SSSR count). The second kappa shape index (κ2) is 7.56. The molecule has 0 amide bonds. The molecule has 1 aliphatic carbocycles. The van der Waals surface area contributed by atoms with Crippen molar-refractivity contribution in [1.29, 1.82) is 0 Å². The fourth-order valence-electron chi connectivity index (χ4n) is 3.38. The van der Waals surface area contributed by atoms with Gasteiger partial charge in [-0.05, 0) is 36.6 Å². The molecule has 0 aliphatic heterocycles. The van der Waals surface area contributed by atoms with Crippen LogP contribution in [0.5, 0.6) is 0 Å². The van der Waals surface area contributed by atoms with Crippen molar-refractivity contribution in [2.24, 2.45) is 0 Å². The number of anilines is 1. The van der Waals surface area contributed by atoms with Gasteiger partial charge in [0.25, 0.3) is 0 Å². The number of furan rings is 1. The minimum Gasteiger partial charge on any atom is -0.461 e. The molecule has 3 aromatic rings. The fourth-order valence-corrected chi connectivity index (χ4v) is 5.01. The van der Waals surface area contributed by atoms with Crippen LogP contribution in [0.15, 0.2) is 51.6 Å². The van der Waals surface area contributed by atoms with Gasteiger partial charge < -0.3 is 8.94 Å². The molecule has 2 heterocycles. The first kappa shape index (κ1) is 17.8. The summed E-state index contributed by atoms with van der Waals surface area (Å²) in [4.78, 5) is 4.33. The smallest absolute Gasteiger partial charge is 0.238 e. The molecule has 1 aliphatic rings. The monoisotopic (exact) mass is 387 g/mol. The summed E-state index contributed by atoms with van der Waals surface area (Å²) in [7, 11) is -3.41. The third-order valence-electron chi connectivity index (χ3n) is 4.81. The van der Waals surface area contributed by atoms with Crippen molar-refractivity contribution in [1.82, 2.24) is 10.1 Å². The zero-order valence-corrected chi connectivity index (χ0v) is 15.6. The largest absolute Gasteiger partial charge is 0.461 e. The number of sulfonamides is 1. The molecular weight excluding hydrogens is 366 g/mol. The zero-order chi connectivity index (χ0) is 18.7. The minimum atomic E-state index is -3.41. The molecule has 0 radical (unpaired) electrons. The topological polar surface area (TPSA) is 98.2 Å². The van der Waals surface area contributed by atoms with E-state index >= 15 is 0 Å². The number of nitrogens with zero attached hydrogens (tertiary/aromatic N) is 2. The summed E-state index contributed by atoms with van der Waals surface area (Å²) in [5.41, 5.74) is 1.34. The summed E-state index contributed by atoms with van der Waals surface area (Å²) < 4.78 is 38.8. The molecule has 0 spiro atoms. The Morgan fingerprint density at radius 3 is 2.67 bits per heavy atom. The van der Waals surface area contributed by atoms with Crippen LogP contribution < -0.4 is 4.72 Å². The Morgan fingerprint density at radius 1 is 1.07 bits per heavy atom. The highest BCUT2D eigenvalue weighted by molar-refractivity contribution is 7.93. The van der Waals surface area contributed by atoms with E-state index in [0.29, 0.717) is 42.4 Å². The predicted octanol–water partition coefficient (Wildman–Crippen LogP) is 3.99. The molecule has 8 heteroatoms. The van der Waals surface area contributed by atoms with Crippen LogP contribution in [0.25, 0.3) is 11.6 Å². The first-order valence-corrected chi connectivity index (χ1v) is 10.6. The van der Waals surface area contributed by atoms with Crippen LogP contribution in [-0.4, -0.2) is 23.8 Å². The number of para-hydroxylation sites is 1. The van der Waals surface area contributed by atoms with Gasteiger partial charge in [0.15, 0.2) is 5.76 Å². The third kappa shape index (κ3) is 4.05. The van der Waals surface area contributed by atoms with Crippen LogP contribution in [0, 0.1) is 0 Å². The van der Waals surface area contributed by atoms with E-state index in [2.05, 4.69) is 14.9 Å². The van der Waals surface area contributed by atoms with Gasteiger partial charge in [0.05, 0.1) is 23.6 Å². The van der Waals surface area contributed by atoms with E-state index in [9.17, 15) is 8.42 Å². The van der Waals surface area contributed by atoms with Gasteiger partial charge in [0.1, 0.15) is 0 Å². The van der Waals surface area contributed by atoms with Crippen molar-refractivity contribution in [3.8, 4) is 11.6 Å². The number of benzene rings is 1. The number of aromatic nitrogens is 2. The Morgan fingerprint density at radius 2 is 1.89 bits per heavy atom. The summed E-state index contributed by atoms with van der Waals surface area (Å²) >= 11 is 0. The zero-order valence-electron chi connectivity index (χ0n) is 14.8. The third-order valence-corrected chi connectivity index (χ3v) is 6.67. The maximum absolute atomic E-state index is 12.7. The van der Waals surface area contributed by atoms with Gasteiger partial charge in [-0.1, -0.05) is 42.6 Å². The highest BCUT2D eigenvalue weighted by Gasteiger charge is 2.27. The van der Waals surface area contributed by atoms with Crippen molar-refractivity contribution >= 4 is 15.7 Å². The van der Waals surface area contributed by atoms with Crippen molar-refractivity contribution in [3.05, 3.63) is 54.1 Å². The minimum absolute atomic E-state index is 0.326. The Bertz CT molecular complexity index is 990. The first-order valence-electron chi connectivity index (χ1n) is 9.08. The van der Waals surface area contributed by atoms with Crippen molar-refractivity contribution in [2.75, 3.05) is 4.72 Å². The van der Waals surface area contributed by atoms with E-state index in [4.69, 9.17) is 8.94 Å². The molecule has 1 N–H and O–H groups in total. The lowest BCUT2D eigenvalue weighted by molar-refractivity contribution is 0.384. The Balaban J connectivity index is 1.53. The molecule has 0 unspecified atom stereocenters. The van der Waals surface area contributed by atoms with Gasteiger partial charge in [-0.25, -0.2) is 8.42 Å². The number of rotatable bonds is 6. The maximum Gasteiger partial charge on any atom is 0.238 e. The van der Waals surface area contributed by atoms with Crippen LogP contribution in [0.2, 0.25) is 0 Å². The molecule has 0 saturated heterocycles. The normalized spacial score (nSPS) is 15.7. The highest BCUT2D eigenvalue weighted by Crippen LogP contribution is 2.27. The molecular formula is C19H21N3O4S. The molecule has 1 fully saturated rings. The van der Waals surface area contributed by atoms with Gasteiger partial charge in [-0.15, -0.1) is 0 Å². The van der Waals surface area contributed by atoms with Crippen molar-refractivity contribution < 1.29 is 17.4 Å².